The highest BCUT2D eigenvalue weighted by Gasteiger charge is 2.32. The Labute approximate surface area is 152 Å². The number of nitrogens with zero attached hydrogens (tertiary/aromatic N) is 3. The van der Waals surface area contributed by atoms with Crippen molar-refractivity contribution in [2.24, 2.45) is 0 Å². The number of hydrogen-bond acceptors (Lipinski definition) is 6. The van der Waals surface area contributed by atoms with Gasteiger partial charge in [-0.3, -0.25) is 4.79 Å². The highest BCUT2D eigenvalue weighted by atomic mass is 32.2. The molecule has 1 aliphatic heterocycles. The first-order valence-electron chi connectivity index (χ1n) is 8.20. The summed E-state index contributed by atoms with van der Waals surface area (Å²) in [6.45, 7) is 4.53. The van der Waals surface area contributed by atoms with Crippen LogP contribution in [0.5, 0.6) is 5.75 Å². The van der Waals surface area contributed by atoms with Crippen LogP contribution in [0.1, 0.15) is 21.8 Å². The number of methoxy groups -OCH3 is 1. The number of amides is 1. The van der Waals surface area contributed by atoms with Crippen molar-refractivity contribution in [1.29, 1.82) is 0 Å². The lowest BCUT2D eigenvalue weighted by molar-refractivity contribution is 0.0687. The predicted molar refractivity (Wildman–Crippen MR) is 93.6 cm³/mol. The molecule has 140 valence electrons. The minimum Gasteiger partial charge on any atom is -0.497 e. The minimum absolute atomic E-state index is 0.233. The first-order valence-corrected chi connectivity index (χ1v) is 9.64. The van der Waals surface area contributed by atoms with Crippen molar-refractivity contribution in [3.05, 3.63) is 41.3 Å². The lowest BCUT2D eigenvalue weighted by atomic mass is 10.2. The average molecular weight is 379 g/mol. The molecule has 2 heterocycles. The van der Waals surface area contributed by atoms with E-state index < -0.39 is 10.0 Å². The summed E-state index contributed by atoms with van der Waals surface area (Å²) in [6, 6.07) is 6.46. The minimum atomic E-state index is -3.62. The van der Waals surface area contributed by atoms with E-state index in [1.54, 1.807) is 43.0 Å². The maximum atomic E-state index is 12.9. The molecule has 0 bridgehead atoms. The summed E-state index contributed by atoms with van der Waals surface area (Å²) in [5, 5.41) is 3.72. The van der Waals surface area contributed by atoms with Crippen LogP contribution >= 0.6 is 0 Å². The molecule has 0 spiro atoms. The number of rotatable bonds is 4. The normalized spacial score (nSPS) is 15.9. The van der Waals surface area contributed by atoms with Gasteiger partial charge in [0.05, 0.1) is 12.0 Å². The van der Waals surface area contributed by atoms with Gasteiger partial charge >= 0.3 is 0 Å². The molecule has 9 heteroatoms. The molecule has 0 N–H and O–H groups in total. The van der Waals surface area contributed by atoms with E-state index >= 15 is 0 Å². The average Bonchev–Trinajstić information content (AvgIpc) is 3.07. The summed E-state index contributed by atoms with van der Waals surface area (Å²) in [7, 11) is -2.08. The van der Waals surface area contributed by atoms with Gasteiger partial charge in [-0.1, -0.05) is 5.16 Å². The van der Waals surface area contributed by atoms with Crippen molar-refractivity contribution in [2.75, 3.05) is 33.3 Å². The molecule has 2 aromatic rings. The Morgan fingerprint density at radius 1 is 1.15 bits per heavy atom. The van der Waals surface area contributed by atoms with Gasteiger partial charge in [0.1, 0.15) is 11.5 Å². The topological polar surface area (TPSA) is 93.0 Å². The van der Waals surface area contributed by atoms with E-state index in [9.17, 15) is 13.2 Å². The second-order valence-electron chi connectivity index (χ2n) is 6.15. The number of aromatic nitrogens is 1. The van der Waals surface area contributed by atoms with E-state index in [-0.39, 0.29) is 29.6 Å². The molecule has 1 fully saturated rings. The van der Waals surface area contributed by atoms with Gasteiger partial charge in [-0.05, 0) is 37.6 Å². The number of benzene rings is 1. The number of hydrogen-bond donors (Lipinski definition) is 0. The first-order chi connectivity index (χ1) is 12.3. The monoisotopic (exact) mass is 379 g/mol. The van der Waals surface area contributed by atoms with Gasteiger partial charge < -0.3 is 14.2 Å². The van der Waals surface area contributed by atoms with Gasteiger partial charge in [0.25, 0.3) is 5.91 Å². The van der Waals surface area contributed by atoms with E-state index in [1.165, 1.54) is 11.4 Å². The predicted octanol–water partition coefficient (Wildman–Crippen LogP) is 1.45. The molecular weight excluding hydrogens is 358 g/mol. The Bertz CT molecular complexity index is 914. The molecule has 1 aromatic heterocycles. The molecule has 1 amide bonds. The lowest BCUT2D eigenvalue weighted by Gasteiger charge is -2.33. The molecule has 1 aromatic carbocycles. The van der Waals surface area contributed by atoms with Crippen molar-refractivity contribution < 1.29 is 22.5 Å². The van der Waals surface area contributed by atoms with Crippen LogP contribution in [-0.4, -0.2) is 62.0 Å². The van der Waals surface area contributed by atoms with Crippen molar-refractivity contribution in [3.8, 4) is 5.75 Å². The number of piperazine rings is 1. The van der Waals surface area contributed by atoms with Crippen LogP contribution in [-0.2, 0) is 10.0 Å². The summed E-state index contributed by atoms with van der Waals surface area (Å²) in [6.07, 6.45) is 0. The maximum absolute atomic E-state index is 12.9. The van der Waals surface area contributed by atoms with E-state index in [0.717, 1.165) is 0 Å². The second-order valence-corrected chi connectivity index (χ2v) is 8.06. The molecule has 1 saturated heterocycles. The molecule has 26 heavy (non-hydrogen) atoms. The zero-order valence-corrected chi connectivity index (χ0v) is 15.7. The summed E-state index contributed by atoms with van der Waals surface area (Å²) in [5.41, 5.74) is 0.866. The molecule has 1 aliphatic rings. The Kier molecular flexibility index (Phi) is 5.01. The van der Waals surface area contributed by atoms with Gasteiger partial charge in [0, 0.05) is 32.2 Å². The fraction of sp³-hybridized carbons (Fsp3) is 0.412. The molecule has 8 nitrogen and oxygen atoms in total. The van der Waals surface area contributed by atoms with E-state index in [4.69, 9.17) is 9.26 Å². The molecule has 0 unspecified atom stereocenters. The largest absolute Gasteiger partial charge is 0.497 e. The lowest BCUT2D eigenvalue weighted by Crippen LogP contribution is -2.50. The number of sulfonamides is 1. The van der Waals surface area contributed by atoms with Gasteiger partial charge in [-0.2, -0.15) is 4.31 Å². The number of aryl methyl sites for hydroxylation is 2. The Morgan fingerprint density at radius 2 is 1.85 bits per heavy atom. The third-order valence-corrected chi connectivity index (χ3v) is 6.43. The molecule has 0 aliphatic carbocycles. The highest BCUT2D eigenvalue weighted by Crippen LogP contribution is 2.25. The summed E-state index contributed by atoms with van der Waals surface area (Å²) < 4.78 is 37.3. The standard InChI is InChI=1S/C17H21N3O5S/c1-12-10-14(24-3)4-5-16(12)26(22,23)20-8-6-19(7-9-20)17(21)15-11-13(2)25-18-15/h4-5,10-11H,6-9H2,1-3H3. The zero-order chi connectivity index (χ0) is 18.9. The molecule has 0 radical (unpaired) electrons. The highest BCUT2D eigenvalue weighted by molar-refractivity contribution is 7.89. The van der Waals surface area contributed by atoms with Crippen molar-refractivity contribution in [2.45, 2.75) is 18.7 Å². The zero-order valence-electron chi connectivity index (χ0n) is 14.9. The summed E-state index contributed by atoms with van der Waals surface area (Å²) in [4.78, 5) is 14.2. The molecule has 3 rings (SSSR count). The van der Waals surface area contributed by atoms with Gasteiger partial charge in [-0.25, -0.2) is 8.42 Å². The van der Waals surface area contributed by atoms with Crippen LogP contribution in [0.25, 0.3) is 0 Å². The SMILES string of the molecule is COc1ccc(S(=O)(=O)N2CCN(C(=O)c3cc(C)on3)CC2)c(C)c1. The number of carbonyl (C=O) groups is 1. The van der Waals surface area contributed by atoms with E-state index in [0.29, 0.717) is 30.2 Å². The third-order valence-electron chi connectivity index (χ3n) is 4.37. The van der Waals surface area contributed by atoms with E-state index in [2.05, 4.69) is 5.16 Å². The van der Waals surface area contributed by atoms with Crippen LogP contribution in [0, 0.1) is 13.8 Å². The van der Waals surface area contributed by atoms with Crippen LogP contribution < -0.4 is 4.74 Å². The Hall–Kier alpha value is -2.39. The summed E-state index contributed by atoms with van der Waals surface area (Å²) in [5.74, 6) is 0.920. The van der Waals surface area contributed by atoms with Crippen LogP contribution in [0.15, 0.2) is 33.7 Å². The van der Waals surface area contributed by atoms with Crippen LogP contribution in [0.4, 0.5) is 0 Å². The third kappa shape index (κ3) is 3.45. The van der Waals surface area contributed by atoms with Crippen LogP contribution in [0.2, 0.25) is 0 Å². The molecule has 0 atom stereocenters. The fourth-order valence-electron chi connectivity index (χ4n) is 2.94. The Morgan fingerprint density at radius 3 is 2.38 bits per heavy atom. The van der Waals surface area contributed by atoms with Gasteiger partial charge in [0.2, 0.25) is 10.0 Å². The second kappa shape index (κ2) is 7.08. The molecular formula is C17H21N3O5S. The van der Waals surface area contributed by atoms with Crippen molar-refractivity contribution in [3.63, 3.8) is 0 Å². The van der Waals surface area contributed by atoms with Gasteiger partial charge in [0.15, 0.2) is 5.69 Å². The quantitative estimate of drug-likeness (QED) is 0.798. The van der Waals surface area contributed by atoms with Crippen LogP contribution in [0.3, 0.4) is 0 Å². The van der Waals surface area contributed by atoms with Crippen molar-refractivity contribution >= 4 is 15.9 Å². The summed E-state index contributed by atoms with van der Waals surface area (Å²) >= 11 is 0. The van der Waals surface area contributed by atoms with E-state index in [1.807, 2.05) is 0 Å². The number of ether oxygens (including phenoxy) is 1. The number of carbonyl (C=O) groups excluding carboxylic acids is 1. The molecule has 0 saturated carbocycles. The van der Waals surface area contributed by atoms with Gasteiger partial charge in [-0.15, -0.1) is 0 Å². The maximum Gasteiger partial charge on any atom is 0.276 e. The smallest absolute Gasteiger partial charge is 0.276 e. The first kappa shape index (κ1) is 18.4. The Balaban J connectivity index is 1.72. The fourth-order valence-corrected chi connectivity index (χ4v) is 4.57. The van der Waals surface area contributed by atoms with Crippen molar-refractivity contribution in [1.82, 2.24) is 14.4 Å².